The third-order valence-corrected chi connectivity index (χ3v) is 2.43. The van der Waals surface area contributed by atoms with Gasteiger partial charge in [-0.1, -0.05) is 6.07 Å². The molecule has 0 aliphatic carbocycles. The lowest BCUT2D eigenvalue weighted by Crippen LogP contribution is -2.17. The zero-order valence-corrected chi connectivity index (χ0v) is 9.28. The lowest BCUT2D eigenvalue weighted by Gasteiger charge is -2.17. The van der Waals surface area contributed by atoms with Crippen LogP contribution in [0.2, 0.25) is 0 Å². The molecular formula is C11H18N2O. The van der Waals surface area contributed by atoms with Crippen molar-refractivity contribution in [3.8, 4) is 0 Å². The number of rotatable bonds is 3. The van der Waals surface area contributed by atoms with Gasteiger partial charge in [-0.3, -0.25) is 0 Å². The Morgan fingerprint density at radius 1 is 1.50 bits per heavy atom. The molecule has 0 amide bonds. The maximum Gasteiger partial charge on any atom is 0.128 e. The standard InChI is InChI=1S/C11H18N2O/c1-5-13(4)11-7-6-10(9(3)14)8(2)12-11/h6-7,9,14H,5H2,1-4H3/t9-/m1/s1. The van der Waals surface area contributed by atoms with E-state index in [0.29, 0.717) is 0 Å². The second-order valence-corrected chi connectivity index (χ2v) is 3.53. The number of aliphatic hydroxyl groups excluding tert-OH is 1. The van der Waals surface area contributed by atoms with Gasteiger partial charge in [0.25, 0.3) is 0 Å². The molecule has 0 saturated carbocycles. The summed E-state index contributed by atoms with van der Waals surface area (Å²) in [5, 5.41) is 9.44. The second-order valence-electron chi connectivity index (χ2n) is 3.53. The summed E-state index contributed by atoms with van der Waals surface area (Å²) in [6.45, 7) is 6.70. The minimum atomic E-state index is -0.441. The Morgan fingerprint density at radius 2 is 2.14 bits per heavy atom. The number of hydrogen-bond acceptors (Lipinski definition) is 3. The van der Waals surface area contributed by atoms with Crippen LogP contribution in [-0.2, 0) is 0 Å². The summed E-state index contributed by atoms with van der Waals surface area (Å²) in [7, 11) is 2.00. The number of aromatic nitrogens is 1. The monoisotopic (exact) mass is 194 g/mol. The second kappa shape index (κ2) is 4.42. The molecule has 0 unspecified atom stereocenters. The molecule has 0 bridgehead atoms. The van der Waals surface area contributed by atoms with Crippen LogP contribution in [0.15, 0.2) is 12.1 Å². The van der Waals surface area contributed by atoms with E-state index in [9.17, 15) is 5.11 Å². The Kier molecular flexibility index (Phi) is 3.47. The predicted molar refractivity (Wildman–Crippen MR) is 58.6 cm³/mol. The number of nitrogens with zero attached hydrogens (tertiary/aromatic N) is 2. The van der Waals surface area contributed by atoms with Crippen LogP contribution < -0.4 is 4.90 Å². The van der Waals surface area contributed by atoms with Gasteiger partial charge in [0, 0.05) is 24.8 Å². The molecular weight excluding hydrogens is 176 g/mol. The molecule has 0 saturated heterocycles. The van der Waals surface area contributed by atoms with Crippen LogP contribution >= 0.6 is 0 Å². The molecule has 1 heterocycles. The van der Waals surface area contributed by atoms with Crippen LogP contribution in [0.5, 0.6) is 0 Å². The quantitative estimate of drug-likeness (QED) is 0.798. The SMILES string of the molecule is CCN(C)c1ccc([C@@H](C)O)c(C)n1. The average molecular weight is 194 g/mol. The predicted octanol–water partition coefficient (Wildman–Crippen LogP) is 1.90. The lowest BCUT2D eigenvalue weighted by molar-refractivity contribution is 0.198. The highest BCUT2D eigenvalue weighted by Gasteiger charge is 2.07. The first kappa shape index (κ1) is 11.0. The van der Waals surface area contributed by atoms with Crippen LogP contribution in [0.4, 0.5) is 5.82 Å². The van der Waals surface area contributed by atoms with E-state index >= 15 is 0 Å². The van der Waals surface area contributed by atoms with Crippen LogP contribution in [0.1, 0.15) is 31.2 Å². The lowest BCUT2D eigenvalue weighted by atomic mass is 10.1. The molecule has 0 aromatic carbocycles. The van der Waals surface area contributed by atoms with Crippen molar-refractivity contribution in [2.45, 2.75) is 26.9 Å². The average Bonchev–Trinajstić information content (AvgIpc) is 2.15. The minimum Gasteiger partial charge on any atom is -0.389 e. The summed E-state index contributed by atoms with van der Waals surface area (Å²) in [5.74, 6) is 0.953. The number of aryl methyl sites for hydroxylation is 1. The van der Waals surface area contributed by atoms with E-state index in [1.54, 1.807) is 6.92 Å². The van der Waals surface area contributed by atoms with Crippen LogP contribution in [0.25, 0.3) is 0 Å². The molecule has 1 aromatic rings. The van der Waals surface area contributed by atoms with E-state index in [0.717, 1.165) is 23.6 Å². The first-order valence-electron chi connectivity index (χ1n) is 4.93. The highest BCUT2D eigenvalue weighted by atomic mass is 16.3. The minimum absolute atomic E-state index is 0.441. The van der Waals surface area contributed by atoms with Gasteiger partial charge in [-0.05, 0) is 26.8 Å². The highest BCUT2D eigenvalue weighted by Crippen LogP contribution is 2.18. The van der Waals surface area contributed by atoms with Crippen molar-refractivity contribution in [1.82, 2.24) is 4.98 Å². The molecule has 0 fully saturated rings. The molecule has 0 aliphatic rings. The zero-order valence-electron chi connectivity index (χ0n) is 9.28. The number of anilines is 1. The number of aliphatic hydroxyl groups is 1. The normalized spacial score (nSPS) is 12.6. The third kappa shape index (κ3) is 2.23. The van der Waals surface area contributed by atoms with E-state index in [1.807, 2.05) is 26.1 Å². The molecule has 3 nitrogen and oxygen atoms in total. The van der Waals surface area contributed by atoms with Crippen LogP contribution in [0, 0.1) is 6.92 Å². The first-order chi connectivity index (χ1) is 6.56. The molecule has 1 N–H and O–H groups in total. The van der Waals surface area contributed by atoms with Gasteiger partial charge in [0.15, 0.2) is 0 Å². The van der Waals surface area contributed by atoms with E-state index in [4.69, 9.17) is 0 Å². The number of pyridine rings is 1. The fraction of sp³-hybridized carbons (Fsp3) is 0.545. The van der Waals surface area contributed by atoms with Crippen molar-refractivity contribution < 1.29 is 5.11 Å². The molecule has 3 heteroatoms. The molecule has 1 aromatic heterocycles. The Morgan fingerprint density at radius 3 is 2.57 bits per heavy atom. The summed E-state index contributed by atoms with van der Waals surface area (Å²) < 4.78 is 0. The van der Waals surface area contributed by atoms with Crippen molar-refractivity contribution in [3.63, 3.8) is 0 Å². The molecule has 14 heavy (non-hydrogen) atoms. The molecule has 1 rings (SSSR count). The summed E-state index contributed by atoms with van der Waals surface area (Å²) in [6.07, 6.45) is -0.441. The smallest absolute Gasteiger partial charge is 0.128 e. The largest absolute Gasteiger partial charge is 0.389 e. The maximum absolute atomic E-state index is 9.44. The topological polar surface area (TPSA) is 36.4 Å². The Labute approximate surface area is 85.4 Å². The fourth-order valence-electron chi connectivity index (χ4n) is 1.37. The summed E-state index contributed by atoms with van der Waals surface area (Å²) in [5.41, 5.74) is 1.80. The van der Waals surface area contributed by atoms with Gasteiger partial charge in [0.05, 0.1) is 6.10 Å². The third-order valence-electron chi connectivity index (χ3n) is 2.43. The van der Waals surface area contributed by atoms with Crippen molar-refractivity contribution >= 4 is 5.82 Å². The van der Waals surface area contributed by atoms with Crippen molar-refractivity contribution in [3.05, 3.63) is 23.4 Å². The van der Waals surface area contributed by atoms with Gasteiger partial charge in [0.1, 0.15) is 5.82 Å². The molecule has 0 radical (unpaired) electrons. The molecule has 1 atom stereocenters. The van der Waals surface area contributed by atoms with Crippen molar-refractivity contribution in [2.24, 2.45) is 0 Å². The number of hydrogen-bond donors (Lipinski definition) is 1. The maximum atomic E-state index is 9.44. The van der Waals surface area contributed by atoms with Gasteiger partial charge in [0.2, 0.25) is 0 Å². The Balaban J connectivity index is 3.00. The van der Waals surface area contributed by atoms with E-state index in [-0.39, 0.29) is 0 Å². The van der Waals surface area contributed by atoms with Crippen molar-refractivity contribution in [2.75, 3.05) is 18.5 Å². The highest BCUT2D eigenvalue weighted by molar-refractivity contribution is 5.41. The van der Waals surface area contributed by atoms with Gasteiger partial charge < -0.3 is 10.0 Å². The molecule has 78 valence electrons. The van der Waals surface area contributed by atoms with Gasteiger partial charge in [-0.25, -0.2) is 4.98 Å². The Bertz CT molecular complexity index is 310. The molecule has 0 aliphatic heterocycles. The summed E-state index contributed by atoms with van der Waals surface area (Å²) in [4.78, 5) is 6.50. The van der Waals surface area contributed by atoms with Crippen LogP contribution in [0.3, 0.4) is 0 Å². The van der Waals surface area contributed by atoms with Gasteiger partial charge in [-0.2, -0.15) is 0 Å². The summed E-state index contributed by atoms with van der Waals surface area (Å²) >= 11 is 0. The van der Waals surface area contributed by atoms with Crippen LogP contribution in [-0.4, -0.2) is 23.7 Å². The van der Waals surface area contributed by atoms with Gasteiger partial charge in [-0.15, -0.1) is 0 Å². The summed E-state index contributed by atoms with van der Waals surface area (Å²) in [6, 6.07) is 3.88. The zero-order chi connectivity index (χ0) is 10.7. The Hall–Kier alpha value is -1.09. The fourth-order valence-corrected chi connectivity index (χ4v) is 1.37. The van der Waals surface area contributed by atoms with E-state index in [1.165, 1.54) is 0 Å². The molecule has 0 spiro atoms. The van der Waals surface area contributed by atoms with E-state index < -0.39 is 6.10 Å². The first-order valence-corrected chi connectivity index (χ1v) is 4.93. The van der Waals surface area contributed by atoms with E-state index in [2.05, 4.69) is 16.8 Å². The van der Waals surface area contributed by atoms with Crippen molar-refractivity contribution in [1.29, 1.82) is 0 Å². The van der Waals surface area contributed by atoms with Gasteiger partial charge >= 0.3 is 0 Å².